The first-order chi connectivity index (χ1) is 12.8. The van der Waals surface area contributed by atoms with Gasteiger partial charge in [-0.2, -0.15) is 13.2 Å². The molecule has 27 heavy (non-hydrogen) atoms. The number of hydrogen-bond donors (Lipinski definition) is 1. The molecule has 0 atom stereocenters. The number of pyridine rings is 1. The summed E-state index contributed by atoms with van der Waals surface area (Å²) >= 11 is 1.43. The molecule has 0 fully saturated rings. The van der Waals surface area contributed by atoms with Crippen LogP contribution in [0.1, 0.15) is 21.7 Å². The fourth-order valence-corrected chi connectivity index (χ4v) is 3.57. The van der Waals surface area contributed by atoms with Crippen LogP contribution in [0.15, 0.2) is 34.5 Å². The van der Waals surface area contributed by atoms with Crippen molar-refractivity contribution in [3.63, 3.8) is 0 Å². The van der Waals surface area contributed by atoms with Crippen molar-refractivity contribution in [3.8, 4) is 0 Å². The molecular formula is C15H11F3N6O2S. The maximum atomic E-state index is 12.9. The van der Waals surface area contributed by atoms with E-state index >= 15 is 0 Å². The number of fused-ring (bicyclic) bond motifs is 2. The van der Waals surface area contributed by atoms with Crippen LogP contribution in [0.4, 0.5) is 13.2 Å². The molecule has 0 saturated carbocycles. The molecule has 1 aliphatic heterocycles. The van der Waals surface area contributed by atoms with Crippen LogP contribution in [0.5, 0.6) is 0 Å². The van der Waals surface area contributed by atoms with Gasteiger partial charge in [-0.05, 0) is 12.1 Å². The number of carbonyl (C=O) groups excluding carboxylic acids is 1. The quantitative estimate of drug-likeness (QED) is 0.672. The number of thioether (sulfide) groups is 1. The highest BCUT2D eigenvalue weighted by atomic mass is 32.2. The minimum Gasteiger partial charge on any atom is -0.344 e. The van der Waals surface area contributed by atoms with Crippen molar-refractivity contribution in [1.82, 2.24) is 29.5 Å². The van der Waals surface area contributed by atoms with E-state index in [1.54, 1.807) is 0 Å². The van der Waals surface area contributed by atoms with Crippen molar-refractivity contribution in [1.29, 1.82) is 0 Å². The largest absolute Gasteiger partial charge is 0.417 e. The normalized spacial score (nSPS) is 13.7. The minimum atomic E-state index is -4.51. The number of amides is 1. The monoisotopic (exact) mass is 396 g/mol. The lowest BCUT2D eigenvalue weighted by atomic mass is 10.3. The van der Waals surface area contributed by atoms with Gasteiger partial charge in [-0.25, -0.2) is 4.98 Å². The topological polar surface area (TPSA) is 94.2 Å². The second-order valence-electron chi connectivity index (χ2n) is 5.70. The zero-order valence-corrected chi connectivity index (χ0v) is 14.3. The molecule has 0 saturated heterocycles. The van der Waals surface area contributed by atoms with Crippen molar-refractivity contribution in [2.75, 3.05) is 5.75 Å². The average Bonchev–Trinajstić information content (AvgIpc) is 3.26. The van der Waals surface area contributed by atoms with Crippen LogP contribution in [0.25, 0.3) is 5.65 Å². The van der Waals surface area contributed by atoms with Gasteiger partial charge in [0, 0.05) is 24.7 Å². The van der Waals surface area contributed by atoms with Crippen LogP contribution in [-0.2, 0) is 19.3 Å². The Labute approximate surface area is 153 Å². The van der Waals surface area contributed by atoms with Crippen LogP contribution in [0.3, 0.4) is 0 Å². The van der Waals surface area contributed by atoms with E-state index in [0.29, 0.717) is 17.5 Å². The van der Waals surface area contributed by atoms with Gasteiger partial charge in [-0.3, -0.25) is 18.6 Å². The van der Waals surface area contributed by atoms with Crippen LogP contribution < -0.4 is 10.9 Å². The van der Waals surface area contributed by atoms with Gasteiger partial charge in [0.15, 0.2) is 16.6 Å². The van der Waals surface area contributed by atoms with E-state index < -0.39 is 23.2 Å². The fourth-order valence-electron chi connectivity index (χ4n) is 2.65. The summed E-state index contributed by atoms with van der Waals surface area (Å²) in [4.78, 5) is 28.7. The van der Waals surface area contributed by atoms with Crippen molar-refractivity contribution >= 4 is 23.3 Å². The number of nitrogens with zero attached hydrogens (tertiary/aromatic N) is 5. The molecule has 12 heteroatoms. The molecule has 4 heterocycles. The Bertz CT molecular complexity index is 1110. The Balaban J connectivity index is 1.57. The maximum Gasteiger partial charge on any atom is 0.417 e. The van der Waals surface area contributed by atoms with Gasteiger partial charge < -0.3 is 5.32 Å². The molecule has 8 nitrogen and oxygen atoms in total. The first kappa shape index (κ1) is 17.5. The highest BCUT2D eigenvalue weighted by molar-refractivity contribution is 7.99. The minimum absolute atomic E-state index is 0.106. The molecule has 0 radical (unpaired) electrons. The van der Waals surface area contributed by atoms with Crippen LogP contribution >= 0.6 is 11.8 Å². The Morgan fingerprint density at radius 1 is 1.30 bits per heavy atom. The zero-order valence-electron chi connectivity index (χ0n) is 13.5. The second-order valence-corrected chi connectivity index (χ2v) is 6.76. The van der Waals surface area contributed by atoms with E-state index in [0.717, 1.165) is 16.7 Å². The van der Waals surface area contributed by atoms with Crippen LogP contribution in [0.2, 0.25) is 0 Å². The van der Waals surface area contributed by atoms with Gasteiger partial charge in [-0.15, -0.1) is 10.2 Å². The van der Waals surface area contributed by atoms with E-state index in [4.69, 9.17) is 0 Å². The van der Waals surface area contributed by atoms with E-state index in [-0.39, 0.29) is 23.6 Å². The Morgan fingerprint density at radius 3 is 2.89 bits per heavy atom. The Hall–Kier alpha value is -2.89. The van der Waals surface area contributed by atoms with Gasteiger partial charge in [0.05, 0.1) is 12.1 Å². The molecule has 1 N–H and O–H groups in total. The molecular weight excluding hydrogens is 385 g/mol. The summed E-state index contributed by atoms with van der Waals surface area (Å²) < 4.78 is 41.2. The molecule has 3 aromatic rings. The number of rotatable bonds is 3. The van der Waals surface area contributed by atoms with Crippen molar-refractivity contribution in [2.24, 2.45) is 0 Å². The van der Waals surface area contributed by atoms with Gasteiger partial charge >= 0.3 is 6.18 Å². The van der Waals surface area contributed by atoms with Gasteiger partial charge in [-0.1, -0.05) is 11.8 Å². The molecule has 1 amide bonds. The highest BCUT2D eigenvalue weighted by Gasteiger charge is 2.31. The predicted octanol–water partition coefficient (Wildman–Crippen LogP) is 1.34. The smallest absolute Gasteiger partial charge is 0.344 e. The second kappa shape index (κ2) is 6.37. The lowest BCUT2D eigenvalue weighted by Gasteiger charge is -2.08. The first-order valence-electron chi connectivity index (χ1n) is 7.76. The third kappa shape index (κ3) is 3.16. The van der Waals surface area contributed by atoms with Crippen molar-refractivity contribution in [2.45, 2.75) is 24.4 Å². The predicted molar refractivity (Wildman–Crippen MR) is 88.4 cm³/mol. The van der Waals surface area contributed by atoms with Gasteiger partial charge in [0.2, 0.25) is 0 Å². The molecule has 0 unspecified atom stereocenters. The molecule has 0 aromatic carbocycles. The summed E-state index contributed by atoms with van der Waals surface area (Å²) in [5, 5.41) is 10.6. The average molecular weight is 396 g/mol. The third-order valence-electron chi connectivity index (χ3n) is 4.01. The SMILES string of the molecule is O=C(NCc1nnc2ccc(C(F)(F)F)cn12)c1cnc2n(c1=O)CCS2. The molecule has 0 spiro atoms. The van der Waals surface area contributed by atoms with E-state index in [9.17, 15) is 22.8 Å². The fraction of sp³-hybridized carbons (Fsp3) is 0.267. The molecule has 0 aliphatic carbocycles. The van der Waals surface area contributed by atoms with E-state index in [1.165, 1.54) is 28.6 Å². The van der Waals surface area contributed by atoms with Crippen LogP contribution in [-0.4, -0.2) is 35.8 Å². The summed E-state index contributed by atoms with van der Waals surface area (Å²) in [6, 6.07) is 2.09. The number of hydrogen-bond acceptors (Lipinski definition) is 6. The highest BCUT2D eigenvalue weighted by Crippen LogP contribution is 2.29. The van der Waals surface area contributed by atoms with Gasteiger partial charge in [0.25, 0.3) is 11.5 Å². The summed E-state index contributed by atoms with van der Waals surface area (Å²) in [6.45, 7) is 0.277. The number of halogens is 3. The standard InChI is InChI=1S/C15H11F3N6O2S/c16-15(17,18)8-1-2-10-21-22-11(24(10)7-8)6-19-12(25)9-5-20-14-23(13(9)26)3-4-27-14/h1-2,5,7H,3-4,6H2,(H,19,25). The Kier molecular flexibility index (Phi) is 4.13. The lowest BCUT2D eigenvalue weighted by molar-refractivity contribution is -0.137. The van der Waals surface area contributed by atoms with Crippen molar-refractivity contribution < 1.29 is 18.0 Å². The number of aromatic nitrogens is 5. The van der Waals surface area contributed by atoms with E-state index in [2.05, 4.69) is 20.5 Å². The molecule has 4 rings (SSSR count). The first-order valence-corrected chi connectivity index (χ1v) is 8.75. The number of carbonyl (C=O) groups is 1. The maximum absolute atomic E-state index is 12.9. The van der Waals surface area contributed by atoms with Crippen molar-refractivity contribution in [3.05, 3.63) is 51.8 Å². The number of alkyl halides is 3. The summed E-state index contributed by atoms with van der Waals surface area (Å²) in [5.41, 5.74) is -1.23. The number of nitrogens with one attached hydrogen (secondary N) is 1. The lowest BCUT2D eigenvalue weighted by Crippen LogP contribution is -2.33. The summed E-state index contributed by atoms with van der Waals surface area (Å²) in [6.07, 6.45) is -2.45. The molecule has 0 bridgehead atoms. The Morgan fingerprint density at radius 2 is 2.11 bits per heavy atom. The van der Waals surface area contributed by atoms with E-state index in [1.807, 2.05) is 0 Å². The molecule has 1 aliphatic rings. The molecule has 3 aromatic heterocycles. The zero-order chi connectivity index (χ0) is 19.2. The van der Waals surface area contributed by atoms with Crippen LogP contribution in [0, 0.1) is 0 Å². The molecule has 140 valence electrons. The van der Waals surface area contributed by atoms with Gasteiger partial charge in [0.1, 0.15) is 5.56 Å². The summed E-state index contributed by atoms with van der Waals surface area (Å²) in [7, 11) is 0. The summed E-state index contributed by atoms with van der Waals surface area (Å²) in [5.74, 6) is 0.137. The third-order valence-corrected chi connectivity index (χ3v) is 4.98.